The van der Waals surface area contributed by atoms with E-state index in [-0.39, 0.29) is 0 Å². The maximum absolute atomic E-state index is 5.93. The molecule has 1 heteroatoms. The predicted octanol–water partition coefficient (Wildman–Crippen LogP) is 4.81. The average molecular weight is 223 g/mol. The van der Waals surface area contributed by atoms with E-state index in [1.54, 1.807) is 0 Å². The van der Waals surface area contributed by atoms with Gasteiger partial charge in [-0.2, -0.15) is 0 Å². The monoisotopic (exact) mass is 222 g/mol. The minimum Gasteiger partial charge on any atom is -0.0843 e. The van der Waals surface area contributed by atoms with Gasteiger partial charge in [-0.3, -0.25) is 0 Å². The molecule has 0 saturated heterocycles. The lowest BCUT2D eigenvalue weighted by Gasteiger charge is -2.40. The van der Waals surface area contributed by atoms with Crippen LogP contribution in [0.25, 0.3) is 0 Å². The zero-order valence-corrected chi connectivity index (χ0v) is 10.3. The SMILES string of the molecule is C[C@H]1CCCCC1(C)c1ccc(Cl)cc1. The molecule has 1 saturated carbocycles. The van der Waals surface area contributed by atoms with E-state index in [2.05, 4.69) is 26.0 Å². The van der Waals surface area contributed by atoms with E-state index in [1.165, 1.54) is 31.2 Å². The Hall–Kier alpha value is -0.490. The number of halogens is 1. The zero-order valence-electron chi connectivity index (χ0n) is 9.59. The van der Waals surface area contributed by atoms with Crippen LogP contribution in [-0.2, 0) is 5.41 Å². The summed E-state index contributed by atoms with van der Waals surface area (Å²) in [6.45, 7) is 4.79. The first kappa shape index (κ1) is 11.0. The summed E-state index contributed by atoms with van der Waals surface area (Å²) in [5.41, 5.74) is 1.82. The van der Waals surface area contributed by atoms with Crippen LogP contribution in [0.3, 0.4) is 0 Å². The summed E-state index contributed by atoms with van der Waals surface area (Å²) in [5.74, 6) is 0.785. The van der Waals surface area contributed by atoms with Crippen molar-refractivity contribution in [3.8, 4) is 0 Å². The topological polar surface area (TPSA) is 0 Å². The fourth-order valence-corrected chi connectivity index (χ4v) is 2.89. The van der Waals surface area contributed by atoms with Crippen LogP contribution in [-0.4, -0.2) is 0 Å². The molecule has 1 unspecified atom stereocenters. The lowest BCUT2D eigenvalue weighted by Crippen LogP contribution is -2.33. The van der Waals surface area contributed by atoms with Gasteiger partial charge in [-0.1, -0.05) is 50.4 Å². The fourth-order valence-electron chi connectivity index (χ4n) is 2.77. The second-order valence-electron chi connectivity index (χ2n) is 5.07. The average Bonchev–Trinajstić information content (AvgIpc) is 2.23. The zero-order chi connectivity index (χ0) is 10.9. The molecule has 0 nitrogen and oxygen atoms in total. The van der Waals surface area contributed by atoms with Crippen molar-refractivity contribution in [1.29, 1.82) is 0 Å². The fraction of sp³-hybridized carbons (Fsp3) is 0.571. The third kappa shape index (κ3) is 2.06. The third-order valence-electron chi connectivity index (χ3n) is 4.17. The number of rotatable bonds is 1. The van der Waals surface area contributed by atoms with Gasteiger partial charge < -0.3 is 0 Å². The molecule has 1 aromatic rings. The quantitative estimate of drug-likeness (QED) is 0.640. The van der Waals surface area contributed by atoms with Crippen LogP contribution in [0.1, 0.15) is 45.1 Å². The van der Waals surface area contributed by atoms with Crippen LogP contribution >= 0.6 is 11.6 Å². The van der Waals surface area contributed by atoms with Gasteiger partial charge in [0.15, 0.2) is 0 Å². The van der Waals surface area contributed by atoms with Gasteiger partial charge in [0.2, 0.25) is 0 Å². The normalized spacial score (nSPS) is 31.5. The van der Waals surface area contributed by atoms with Crippen LogP contribution in [0.5, 0.6) is 0 Å². The highest BCUT2D eigenvalue weighted by Crippen LogP contribution is 2.43. The molecule has 0 radical (unpaired) electrons. The van der Waals surface area contributed by atoms with E-state index >= 15 is 0 Å². The lowest BCUT2D eigenvalue weighted by atomic mass is 9.64. The van der Waals surface area contributed by atoms with Gasteiger partial charge in [0.25, 0.3) is 0 Å². The second-order valence-corrected chi connectivity index (χ2v) is 5.51. The van der Waals surface area contributed by atoms with Gasteiger partial charge in [-0.05, 0) is 41.9 Å². The van der Waals surface area contributed by atoms with Crippen LogP contribution < -0.4 is 0 Å². The largest absolute Gasteiger partial charge is 0.0843 e. The minimum atomic E-state index is 0.364. The van der Waals surface area contributed by atoms with Gasteiger partial charge in [0.1, 0.15) is 0 Å². The summed E-state index contributed by atoms with van der Waals surface area (Å²) in [6, 6.07) is 8.43. The molecule has 0 heterocycles. The standard InChI is InChI=1S/C14H19Cl/c1-11-5-3-4-10-14(11,2)12-6-8-13(15)9-7-12/h6-9,11H,3-5,10H2,1-2H3/t11-,14?/m0/s1. The summed E-state index contributed by atoms with van der Waals surface area (Å²) >= 11 is 5.93. The van der Waals surface area contributed by atoms with E-state index in [0.29, 0.717) is 5.41 Å². The molecule has 1 aliphatic rings. The van der Waals surface area contributed by atoms with Crippen molar-refractivity contribution >= 4 is 11.6 Å². The predicted molar refractivity (Wildman–Crippen MR) is 66.4 cm³/mol. The van der Waals surface area contributed by atoms with Crippen LogP contribution in [0, 0.1) is 5.92 Å². The minimum absolute atomic E-state index is 0.364. The van der Waals surface area contributed by atoms with Crippen molar-refractivity contribution in [3.63, 3.8) is 0 Å². The smallest absolute Gasteiger partial charge is 0.0406 e. The summed E-state index contributed by atoms with van der Waals surface area (Å²) in [4.78, 5) is 0. The van der Waals surface area contributed by atoms with Crippen molar-refractivity contribution in [1.82, 2.24) is 0 Å². The highest BCUT2D eigenvalue weighted by molar-refractivity contribution is 6.30. The van der Waals surface area contributed by atoms with E-state index in [0.717, 1.165) is 10.9 Å². The van der Waals surface area contributed by atoms with E-state index < -0.39 is 0 Å². The lowest BCUT2D eigenvalue weighted by molar-refractivity contribution is 0.221. The molecule has 0 bridgehead atoms. The van der Waals surface area contributed by atoms with E-state index in [4.69, 9.17) is 11.6 Å². The Balaban J connectivity index is 2.30. The molecular weight excluding hydrogens is 204 g/mol. The molecule has 1 aliphatic carbocycles. The highest BCUT2D eigenvalue weighted by atomic mass is 35.5. The number of hydrogen-bond acceptors (Lipinski definition) is 0. The van der Waals surface area contributed by atoms with Crippen molar-refractivity contribution in [2.45, 2.75) is 44.9 Å². The van der Waals surface area contributed by atoms with Gasteiger partial charge >= 0.3 is 0 Å². The Labute approximate surface area is 97.6 Å². The van der Waals surface area contributed by atoms with Gasteiger partial charge in [-0.15, -0.1) is 0 Å². The molecule has 1 fully saturated rings. The van der Waals surface area contributed by atoms with E-state index in [9.17, 15) is 0 Å². The summed E-state index contributed by atoms with van der Waals surface area (Å²) in [6.07, 6.45) is 5.43. The first-order valence-corrected chi connectivity index (χ1v) is 6.27. The Kier molecular flexibility index (Phi) is 3.06. The molecule has 15 heavy (non-hydrogen) atoms. The maximum Gasteiger partial charge on any atom is 0.0406 e. The Morgan fingerprint density at radius 2 is 1.87 bits per heavy atom. The van der Waals surface area contributed by atoms with Crippen molar-refractivity contribution in [2.24, 2.45) is 5.92 Å². The molecule has 0 amide bonds. The Morgan fingerprint density at radius 1 is 1.20 bits per heavy atom. The first-order valence-electron chi connectivity index (χ1n) is 5.89. The molecule has 2 rings (SSSR count). The molecular formula is C14H19Cl. The molecule has 82 valence electrons. The van der Waals surface area contributed by atoms with Gasteiger partial charge in [0.05, 0.1) is 0 Å². The molecule has 2 atom stereocenters. The van der Waals surface area contributed by atoms with Crippen molar-refractivity contribution < 1.29 is 0 Å². The number of benzene rings is 1. The van der Waals surface area contributed by atoms with Crippen LogP contribution in [0.4, 0.5) is 0 Å². The van der Waals surface area contributed by atoms with E-state index in [1.807, 2.05) is 12.1 Å². The molecule has 0 N–H and O–H groups in total. The third-order valence-corrected chi connectivity index (χ3v) is 4.43. The Bertz CT molecular complexity index is 328. The highest BCUT2D eigenvalue weighted by Gasteiger charge is 2.34. The van der Waals surface area contributed by atoms with Crippen LogP contribution in [0.2, 0.25) is 5.02 Å². The molecule has 0 aliphatic heterocycles. The van der Waals surface area contributed by atoms with Crippen molar-refractivity contribution in [2.75, 3.05) is 0 Å². The van der Waals surface area contributed by atoms with Crippen LogP contribution in [0.15, 0.2) is 24.3 Å². The van der Waals surface area contributed by atoms with Crippen molar-refractivity contribution in [3.05, 3.63) is 34.9 Å². The maximum atomic E-state index is 5.93. The summed E-state index contributed by atoms with van der Waals surface area (Å²) in [7, 11) is 0. The first-order chi connectivity index (χ1) is 7.13. The molecule has 0 spiro atoms. The Morgan fingerprint density at radius 3 is 2.47 bits per heavy atom. The molecule has 0 aromatic heterocycles. The summed E-state index contributed by atoms with van der Waals surface area (Å²) in [5, 5.41) is 0.839. The molecule has 1 aromatic carbocycles. The number of hydrogen-bond donors (Lipinski definition) is 0. The van der Waals surface area contributed by atoms with Gasteiger partial charge in [-0.25, -0.2) is 0 Å². The summed E-state index contributed by atoms with van der Waals surface area (Å²) < 4.78 is 0. The second kappa shape index (κ2) is 4.17. The van der Waals surface area contributed by atoms with Gasteiger partial charge in [0, 0.05) is 5.02 Å².